The fourth-order valence-corrected chi connectivity index (χ4v) is 5.58. The van der Waals surface area contributed by atoms with E-state index in [1.165, 1.54) is 0 Å². The molecule has 11 heteroatoms. The van der Waals surface area contributed by atoms with Crippen LogP contribution >= 0.6 is 11.6 Å². The molecule has 6 rings (SSSR count). The Morgan fingerprint density at radius 3 is 2.38 bits per heavy atom. The van der Waals surface area contributed by atoms with Gasteiger partial charge in [-0.1, -0.05) is 35.9 Å². The van der Waals surface area contributed by atoms with Crippen LogP contribution in [0.4, 0.5) is 5.69 Å². The van der Waals surface area contributed by atoms with Crippen LogP contribution in [-0.2, 0) is 22.6 Å². The average Bonchev–Trinajstić information content (AvgIpc) is 3.01. The maximum atomic E-state index is 13.1. The summed E-state index contributed by atoms with van der Waals surface area (Å²) in [5.74, 6) is 0.238. The monoisotopic (exact) mass is 628 g/mol. The predicted molar refractivity (Wildman–Crippen MR) is 174 cm³/mol. The standard InChI is InChI=1S/C34H37ClN6O4/c1-21-26(4-3-5-28(21)40-33(42)30-8-6-22(17-39-30)16-36-19-24-11-14-44-24)32-31(35)27(10-13-38-32)29-9-7-23(34(41-29)43-2)18-37-20-25-12-15-45-25/h3-10,13,17,24-25,36-37H,11-12,14-16,18-20H2,1-2H3,(H,40,42). The molecule has 4 aromatic rings. The van der Waals surface area contributed by atoms with Crippen LogP contribution in [-0.4, -0.2) is 66.5 Å². The number of nitrogens with zero attached hydrogens (tertiary/aromatic N) is 3. The summed E-state index contributed by atoms with van der Waals surface area (Å²) in [4.78, 5) is 26.9. The van der Waals surface area contributed by atoms with Gasteiger partial charge in [0.2, 0.25) is 5.88 Å². The van der Waals surface area contributed by atoms with Crippen molar-refractivity contribution in [2.45, 2.75) is 45.1 Å². The molecule has 0 aliphatic carbocycles. The highest BCUT2D eigenvalue weighted by Gasteiger charge is 2.20. The van der Waals surface area contributed by atoms with Gasteiger partial charge in [-0.2, -0.15) is 0 Å². The first-order valence-corrected chi connectivity index (χ1v) is 15.6. The average molecular weight is 629 g/mol. The van der Waals surface area contributed by atoms with Gasteiger partial charge in [0.1, 0.15) is 5.69 Å². The quantitative estimate of drug-likeness (QED) is 0.184. The van der Waals surface area contributed by atoms with Gasteiger partial charge >= 0.3 is 0 Å². The molecule has 234 valence electrons. The van der Waals surface area contributed by atoms with Crippen LogP contribution in [0, 0.1) is 6.92 Å². The number of pyridine rings is 3. The number of amides is 1. The lowest BCUT2D eigenvalue weighted by atomic mass is 10.0. The summed E-state index contributed by atoms with van der Waals surface area (Å²) in [6, 6.07) is 15.1. The molecule has 2 saturated heterocycles. The fourth-order valence-electron chi connectivity index (χ4n) is 5.27. The largest absolute Gasteiger partial charge is 0.481 e. The van der Waals surface area contributed by atoms with Crippen molar-refractivity contribution in [1.29, 1.82) is 0 Å². The molecule has 3 N–H and O–H groups in total. The van der Waals surface area contributed by atoms with Crippen LogP contribution in [0.2, 0.25) is 5.02 Å². The number of rotatable bonds is 13. The molecule has 45 heavy (non-hydrogen) atoms. The van der Waals surface area contributed by atoms with Gasteiger partial charge < -0.3 is 30.2 Å². The van der Waals surface area contributed by atoms with Crippen LogP contribution in [0.25, 0.3) is 22.5 Å². The van der Waals surface area contributed by atoms with Gasteiger partial charge in [-0.05, 0) is 55.2 Å². The first kappa shape index (κ1) is 31.1. The number of hydrogen-bond acceptors (Lipinski definition) is 9. The molecule has 2 aliphatic rings. The first-order chi connectivity index (χ1) is 22.0. The summed E-state index contributed by atoms with van der Waals surface area (Å²) in [5, 5.41) is 10.2. The number of halogens is 1. The minimum Gasteiger partial charge on any atom is -0.481 e. The number of anilines is 1. The third-order valence-electron chi connectivity index (χ3n) is 8.17. The van der Waals surface area contributed by atoms with E-state index in [1.54, 1.807) is 25.6 Å². The van der Waals surface area contributed by atoms with Crippen molar-refractivity contribution in [2.24, 2.45) is 0 Å². The van der Waals surface area contributed by atoms with Crippen molar-refractivity contribution in [3.8, 4) is 28.4 Å². The first-order valence-electron chi connectivity index (χ1n) is 15.2. The summed E-state index contributed by atoms with van der Waals surface area (Å²) in [6.07, 6.45) is 6.18. The van der Waals surface area contributed by atoms with Gasteiger partial charge in [0.05, 0.1) is 35.7 Å². The van der Waals surface area contributed by atoms with E-state index >= 15 is 0 Å². The summed E-state index contributed by atoms with van der Waals surface area (Å²) in [6.45, 7) is 6.50. The maximum absolute atomic E-state index is 13.1. The lowest BCUT2D eigenvalue weighted by Crippen LogP contribution is -2.36. The number of benzene rings is 1. The number of ether oxygens (including phenoxy) is 3. The van der Waals surface area contributed by atoms with E-state index in [4.69, 9.17) is 30.8 Å². The number of carbonyl (C=O) groups is 1. The highest BCUT2D eigenvalue weighted by atomic mass is 35.5. The normalized spacial score (nSPS) is 17.3. The molecule has 2 unspecified atom stereocenters. The van der Waals surface area contributed by atoms with Gasteiger partial charge in [0, 0.05) is 74.2 Å². The molecule has 2 fully saturated rings. The Hall–Kier alpha value is -3.93. The summed E-state index contributed by atoms with van der Waals surface area (Å²) < 4.78 is 16.5. The molecule has 5 heterocycles. The number of methoxy groups -OCH3 is 1. The van der Waals surface area contributed by atoms with Crippen molar-refractivity contribution in [1.82, 2.24) is 25.6 Å². The Bertz CT molecular complexity index is 1640. The number of aromatic nitrogens is 3. The summed E-state index contributed by atoms with van der Waals surface area (Å²) in [7, 11) is 1.61. The SMILES string of the molecule is COc1nc(-c2ccnc(-c3cccc(NC(=O)c4ccc(CNCC5CCO5)cn4)c3C)c2Cl)ccc1CNCC1CCO1. The van der Waals surface area contributed by atoms with Crippen molar-refractivity contribution in [3.05, 3.63) is 88.3 Å². The molecule has 10 nitrogen and oxygen atoms in total. The minimum atomic E-state index is -0.295. The fraction of sp³-hybridized carbons (Fsp3) is 0.353. The van der Waals surface area contributed by atoms with E-state index in [0.29, 0.717) is 52.9 Å². The minimum absolute atomic E-state index is 0.279. The number of carbonyl (C=O) groups excluding carboxylic acids is 1. The van der Waals surface area contributed by atoms with Gasteiger partial charge in [0.15, 0.2) is 0 Å². The van der Waals surface area contributed by atoms with E-state index in [2.05, 4.69) is 25.9 Å². The van der Waals surface area contributed by atoms with Gasteiger partial charge in [0.25, 0.3) is 5.91 Å². The van der Waals surface area contributed by atoms with Crippen molar-refractivity contribution < 1.29 is 19.0 Å². The lowest BCUT2D eigenvalue weighted by molar-refractivity contribution is -0.0485. The molecule has 2 atom stereocenters. The van der Waals surface area contributed by atoms with E-state index in [-0.39, 0.29) is 12.0 Å². The van der Waals surface area contributed by atoms with Gasteiger partial charge in [-0.3, -0.25) is 14.8 Å². The lowest BCUT2D eigenvalue weighted by Gasteiger charge is -2.26. The smallest absolute Gasteiger partial charge is 0.274 e. The van der Waals surface area contributed by atoms with Crippen LogP contribution in [0.15, 0.2) is 60.9 Å². The topological polar surface area (TPSA) is 120 Å². The summed E-state index contributed by atoms with van der Waals surface area (Å²) >= 11 is 6.98. The maximum Gasteiger partial charge on any atom is 0.274 e. The molecule has 0 saturated carbocycles. The van der Waals surface area contributed by atoms with E-state index in [1.807, 2.05) is 49.4 Å². The van der Waals surface area contributed by atoms with E-state index < -0.39 is 0 Å². The Balaban J connectivity index is 1.15. The predicted octanol–water partition coefficient (Wildman–Crippen LogP) is 5.19. The second-order valence-corrected chi connectivity index (χ2v) is 11.6. The zero-order chi connectivity index (χ0) is 31.2. The highest BCUT2D eigenvalue weighted by Crippen LogP contribution is 2.38. The zero-order valence-electron chi connectivity index (χ0n) is 25.4. The Kier molecular flexibility index (Phi) is 9.97. The van der Waals surface area contributed by atoms with Crippen LogP contribution in [0.3, 0.4) is 0 Å². The third kappa shape index (κ3) is 7.32. The van der Waals surface area contributed by atoms with Crippen LogP contribution in [0.1, 0.15) is 40.0 Å². The van der Waals surface area contributed by atoms with Crippen molar-refractivity contribution in [3.63, 3.8) is 0 Å². The Morgan fingerprint density at radius 1 is 0.956 bits per heavy atom. The molecule has 0 radical (unpaired) electrons. The molecule has 3 aromatic heterocycles. The molecular formula is C34H37ClN6O4. The Morgan fingerprint density at radius 2 is 1.71 bits per heavy atom. The second-order valence-electron chi connectivity index (χ2n) is 11.2. The molecular weight excluding hydrogens is 592 g/mol. The van der Waals surface area contributed by atoms with Gasteiger partial charge in [-0.15, -0.1) is 0 Å². The van der Waals surface area contributed by atoms with Crippen molar-refractivity contribution in [2.75, 3.05) is 38.7 Å². The zero-order valence-corrected chi connectivity index (χ0v) is 26.2. The third-order valence-corrected chi connectivity index (χ3v) is 8.55. The molecule has 0 spiro atoms. The van der Waals surface area contributed by atoms with Crippen LogP contribution in [0.5, 0.6) is 5.88 Å². The highest BCUT2D eigenvalue weighted by molar-refractivity contribution is 6.35. The number of nitrogens with one attached hydrogen (secondary N) is 3. The van der Waals surface area contributed by atoms with E-state index in [9.17, 15) is 4.79 Å². The van der Waals surface area contributed by atoms with Crippen LogP contribution < -0.4 is 20.7 Å². The van der Waals surface area contributed by atoms with Gasteiger partial charge in [-0.25, -0.2) is 4.98 Å². The molecule has 2 aliphatic heterocycles. The van der Waals surface area contributed by atoms with E-state index in [0.717, 1.165) is 67.0 Å². The molecule has 1 aromatic carbocycles. The Labute approximate surface area is 267 Å². The molecule has 0 bridgehead atoms. The number of hydrogen-bond donors (Lipinski definition) is 3. The van der Waals surface area contributed by atoms with Crippen molar-refractivity contribution >= 4 is 23.2 Å². The second kappa shape index (κ2) is 14.4. The summed E-state index contributed by atoms with van der Waals surface area (Å²) in [5.41, 5.74) is 6.57. The molecule has 1 amide bonds.